The van der Waals surface area contributed by atoms with Crippen LogP contribution in [-0.2, 0) is 24.2 Å². The number of rotatable bonds is 8. The minimum Gasteiger partial charge on any atom is -0.490 e. The van der Waals surface area contributed by atoms with Gasteiger partial charge in [0.25, 0.3) is 5.56 Å². The van der Waals surface area contributed by atoms with Crippen LogP contribution in [0, 0.1) is 0 Å². The van der Waals surface area contributed by atoms with Gasteiger partial charge in [0.1, 0.15) is 6.54 Å². The van der Waals surface area contributed by atoms with Crippen LogP contribution in [0.15, 0.2) is 71.5 Å². The Labute approximate surface area is 220 Å². The SMILES string of the molecule is CCOc1cccc2c1Oc1c(c(=O)n(-c3ccc(CC)cc3)n1CC(=O)Nc1cccc(C(C)=O)c1)C2. The van der Waals surface area contributed by atoms with Gasteiger partial charge in [0, 0.05) is 23.2 Å². The van der Waals surface area contributed by atoms with E-state index < -0.39 is 0 Å². The minimum absolute atomic E-state index is 0.0953. The summed E-state index contributed by atoms with van der Waals surface area (Å²) in [6.45, 7) is 5.71. The maximum atomic E-state index is 13.7. The first kappa shape index (κ1) is 25.1. The molecule has 0 saturated carbocycles. The summed E-state index contributed by atoms with van der Waals surface area (Å²) < 4.78 is 15.1. The van der Waals surface area contributed by atoms with E-state index in [9.17, 15) is 14.4 Å². The predicted octanol–water partition coefficient (Wildman–Crippen LogP) is 5.14. The Morgan fingerprint density at radius 2 is 1.79 bits per heavy atom. The van der Waals surface area contributed by atoms with E-state index in [2.05, 4.69) is 12.2 Å². The van der Waals surface area contributed by atoms with Crippen molar-refractivity contribution in [2.24, 2.45) is 0 Å². The molecule has 5 rings (SSSR count). The molecule has 0 aliphatic carbocycles. The molecule has 0 atom stereocenters. The first-order valence-corrected chi connectivity index (χ1v) is 12.7. The number of Topliss-reactive ketones (excluding diaryl/α,β-unsaturated/α-hetero) is 1. The summed E-state index contributed by atoms with van der Waals surface area (Å²) in [4.78, 5) is 38.8. The van der Waals surface area contributed by atoms with Gasteiger partial charge >= 0.3 is 0 Å². The van der Waals surface area contributed by atoms with Crippen LogP contribution in [0.4, 0.5) is 5.69 Å². The van der Waals surface area contributed by atoms with Gasteiger partial charge in [-0.3, -0.25) is 14.4 Å². The van der Waals surface area contributed by atoms with Gasteiger partial charge in [-0.2, -0.15) is 0 Å². The van der Waals surface area contributed by atoms with Crippen molar-refractivity contribution >= 4 is 17.4 Å². The van der Waals surface area contributed by atoms with Crippen LogP contribution < -0.4 is 20.3 Å². The second kappa shape index (κ2) is 10.4. The van der Waals surface area contributed by atoms with Crippen LogP contribution in [0.2, 0.25) is 0 Å². The lowest BCUT2D eigenvalue weighted by molar-refractivity contribution is -0.117. The van der Waals surface area contributed by atoms with Crippen LogP contribution in [0.3, 0.4) is 0 Å². The number of ketones is 1. The normalized spacial score (nSPS) is 11.8. The van der Waals surface area contributed by atoms with Crippen molar-refractivity contribution in [2.75, 3.05) is 11.9 Å². The van der Waals surface area contributed by atoms with E-state index in [1.54, 1.807) is 28.9 Å². The summed E-state index contributed by atoms with van der Waals surface area (Å²) in [7, 11) is 0. The molecule has 2 heterocycles. The van der Waals surface area contributed by atoms with Crippen LogP contribution in [0.1, 0.15) is 47.8 Å². The number of hydrogen-bond donors (Lipinski definition) is 1. The topological polar surface area (TPSA) is 91.6 Å². The van der Waals surface area contributed by atoms with E-state index in [0.717, 1.165) is 17.5 Å². The van der Waals surface area contributed by atoms with Crippen molar-refractivity contribution < 1.29 is 19.1 Å². The average Bonchev–Trinajstić information content (AvgIpc) is 3.18. The number of aromatic nitrogens is 2. The highest BCUT2D eigenvalue weighted by Gasteiger charge is 2.31. The quantitative estimate of drug-likeness (QED) is 0.291. The molecule has 8 heteroatoms. The monoisotopic (exact) mass is 511 g/mol. The number of amides is 1. The summed E-state index contributed by atoms with van der Waals surface area (Å²) in [5.41, 5.74) is 3.83. The maximum absolute atomic E-state index is 13.7. The molecule has 1 N–H and O–H groups in total. The third kappa shape index (κ3) is 4.72. The molecule has 1 aromatic heterocycles. The number of carbonyl (C=O) groups excluding carboxylic acids is 2. The lowest BCUT2D eigenvalue weighted by Crippen LogP contribution is -2.27. The number of ether oxygens (including phenoxy) is 2. The van der Waals surface area contributed by atoms with Gasteiger partial charge in [0.05, 0.1) is 17.9 Å². The zero-order chi connectivity index (χ0) is 26.8. The molecule has 38 heavy (non-hydrogen) atoms. The molecule has 0 saturated heterocycles. The van der Waals surface area contributed by atoms with Gasteiger partial charge in [-0.15, -0.1) is 0 Å². The Morgan fingerprint density at radius 3 is 2.50 bits per heavy atom. The molecule has 1 aliphatic heterocycles. The Kier molecular flexibility index (Phi) is 6.87. The van der Waals surface area contributed by atoms with Crippen molar-refractivity contribution in [2.45, 2.75) is 40.2 Å². The molecule has 1 amide bonds. The van der Waals surface area contributed by atoms with Crippen molar-refractivity contribution in [3.63, 3.8) is 0 Å². The van der Waals surface area contributed by atoms with Crippen molar-refractivity contribution in [3.8, 4) is 23.1 Å². The first-order chi connectivity index (χ1) is 18.4. The first-order valence-electron chi connectivity index (χ1n) is 12.7. The molecule has 4 aromatic rings. The predicted molar refractivity (Wildman–Crippen MR) is 145 cm³/mol. The average molecular weight is 512 g/mol. The highest BCUT2D eigenvalue weighted by molar-refractivity contribution is 5.97. The molecule has 0 unspecified atom stereocenters. The largest absolute Gasteiger partial charge is 0.490 e. The number of fused-ring (bicyclic) bond motifs is 2. The summed E-state index contributed by atoms with van der Waals surface area (Å²) in [5, 5.41) is 2.84. The number of benzene rings is 3. The lowest BCUT2D eigenvalue weighted by atomic mass is 10.0. The number of hydrogen-bond acceptors (Lipinski definition) is 5. The maximum Gasteiger partial charge on any atom is 0.278 e. The molecular weight excluding hydrogens is 482 g/mol. The van der Waals surface area contributed by atoms with Crippen LogP contribution in [0.5, 0.6) is 17.4 Å². The molecule has 0 bridgehead atoms. The molecule has 194 valence electrons. The Hall–Kier alpha value is -4.59. The second-order valence-corrected chi connectivity index (χ2v) is 9.12. The summed E-state index contributed by atoms with van der Waals surface area (Å²) in [6, 6.07) is 20.0. The zero-order valence-electron chi connectivity index (χ0n) is 21.6. The van der Waals surface area contributed by atoms with E-state index in [1.165, 1.54) is 11.6 Å². The number of carbonyl (C=O) groups is 2. The summed E-state index contributed by atoms with van der Waals surface area (Å²) in [5.74, 6) is 0.975. The number of aryl methyl sites for hydroxylation is 1. The molecular formula is C30H29N3O5. The summed E-state index contributed by atoms with van der Waals surface area (Å²) in [6.07, 6.45) is 1.22. The molecule has 8 nitrogen and oxygen atoms in total. The second-order valence-electron chi connectivity index (χ2n) is 9.12. The number of nitrogens with zero attached hydrogens (tertiary/aromatic N) is 2. The Balaban J connectivity index is 1.57. The molecule has 3 aromatic carbocycles. The molecule has 0 spiro atoms. The smallest absolute Gasteiger partial charge is 0.278 e. The van der Waals surface area contributed by atoms with Gasteiger partial charge in [0.15, 0.2) is 17.3 Å². The molecule has 0 fully saturated rings. The summed E-state index contributed by atoms with van der Waals surface area (Å²) >= 11 is 0. The highest BCUT2D eigenvalue weighted by atomic mass is 16.5. The van der Waals surface area contributed by atoms with Crippen molar-refractivity contribution in [1.29, 1.82) is 0 Å². The number of para-hydroxylation sites is 1. The van der Waals surface area contributed by atoms with E-state index >= 15 is 0 Å². The fourth-order valence-corrected chi connectivity index (χ4v) is 4.64. The number of anilines is 1. The Morgan fingerprint density at radius 1 is 1.03 bits per heavy atom. The van der Waals surface area contributed by atoms with Gasteiger partial charge < -0.3 is 14.8 Å². The van der Waals surface area contributed by atoms with Gasteiger partial charge in [0.2, 0.25) is 11.8 Å². The highest BCUT2D eigenvalue weighted by Crippen LogP contribution is 2.42. The Bertz CT molecular complexity index is 1580. The van der Waals surface area contributed by atoms with E-state index in [0.29, 0.717) is 52.9 Å². The standard InChI is InChI=1S/C30H29N3O5/c1-4-20-12-14-24(15-13-20)33-29(36)25-17-22-9-7-11-26(37-5-2)28(22)38-30(25)32(33)18-27(35)31-23-10-6-8-21(16-23)19(3)34/h6-16H,4-5,17-18H2,1-3H3,(H,31,35). The van der Waals surface area contributed by atoms with Crippen molar-refractivity contribution in [1.82, 2.24) is 9.36 Å². The van der Waals surface area contributed by atoms with Crippen LogP contribution >= 0.6 is 0 Å². The van der Waals surface area contributed by atoms with Crippen LogP contribution in [-0.4, -0.2) is 27.7 Å². The van der Waals surface area contributed by atoms with Gasteiger partial charge in [-0.25, -0.2) is 9.36 Å². The van der Waals surface area contributed by atoms with Crippen LogP contribution in [0.25, 0.3) is 5.69 Å². The van der Waals surface area contributed by atoms with Gasteiger partial charge in [-0.05, 0) is 56.2 Å². The third-order valence-corrected chi connectivity index (χ3v) is 6.55. The van der Waals surface area contributed by atoms with Crippen molar-refractivity contribution in [3.05, 3.63) is 99.3 Å². The minimum atomic E-state index is -0.366. The van der Waals surface area contributed by atoms with E-state index in [1.807, 2.05) is 49.4 Å². The number of nitrogens with one attached hydrogen (secondary N) is 1. The third-order valence-electron chi connectivity index (χ3n) is 6.55. The fraction of sp³-hybridized carbons (Fsp3) is 0.233. The molecule has 1 aliphatic rings. The zero-order valence-corrected chi connectivity index (χ0v) is 21.6. The van der Waals surface area contributed by atoms with Gasteiger partial charge in [-0.1, -0.05) is 43.3 Å². The lowest BCUT2D eigenvalue weighted by Gasteiger charge is -2.21. The molecule has 0 radical (unpaired) electrons. The fourth-order valence-electron chi connectivity index (χ4n) is 4.64. The van der Waals surface area contributed by atoms with E-state index in [4.69, 9.17) is 9.47 Å². The van der Waals surface area contributed by atoms with E-state index in [-0.39, 0.29) is 23.8 Å².